The van der Waals surface area contributed by atoms with Gasteiger partial charge in [0, 0.05) is 24.8 Å². The Kier molecular flexibility index (Phi) is 5.69. The first-order valence-corrected chi connectivity index (χ1v) is 8.65. The van der Waals surface area contributed by atoms with Crippen LogP contribution in [0.1, 0.15) is 17.1 Å². The number of ether oxygens (including phenoxy) is 1. The molecule has 0 unspecified atom stereocenters. The summed E-state index contributed by atoms with van der Waals surface area (Å²) in [6.45, 7) is 2.55. The van der Waals surface area contributed by atoms with E-state index >= 15 is 0 Å². The number of hydrogen-bond acceptors (Lipinski definition) is 3. The Balaban J connectivity index is 1.52. The summed E-state index contributed by atoms with van der Waals surface area (Å²) < 4.78 is 7.25. The Labute approximate surface area is 153 Å². The van der Waals surface area contributed by atoms with Crippen LogP contribution in [0.2, 0.25) is 0 Å². The van der Waals surface area contributed by atoms with Gasteiger partial charge < -0.3 is 14.6 Å². The van der Waals surface area contributed by atoms with Crippen molar-refractivity contribution in [3.8, 4) is 11.4 Å². The van der Waals surface area contributed by atoms with E-state index in [-0.39, 0.29) is 5.91 Å². The van der Waals surface area contributed by atoms with Gasteiger partial charge in [0.25, 0.3) is 0 Å². The summed E-state index contributed by atoms with van der Waals surface area (Å²) in [4.78, 5) is 16.7. The third-order valence-corrected chi connectivity index (χ3v) is 4.17. The standard InChI is InChI=1S/C21H23N3O2/c1-16-23-18(15-24(16)19-8-4-3-5-9-19)11-12-22-21(25)14-17-7-6-10-20(13-17)26-2/h3-10,13,15H,11-12,14H2,1-2H3,(H,22,25). The molecule has 3 aromatic rings. The number of methoxy groups -OCH3 is 1. The van der Waals surface area contributed by atoms with Gasteiger partial charge in [-0.15, -0.1) is 0 Å². The van der Waals surface area contributed by atoms with E-state index in [9.17, 15) is 4.79 Å². The number of rotatable bonds is 7. The number of benzene rings is 2. The molecule has 26 heavy (non-hydrogen) atoms. The predicted octanol–water partition coefficient (Wildman–Crippen LogP) is 3.09. The second-order valence-electron chi connectivity index (χ2n) is 6.11. The highest BCUT2D eigenvalue weighted by atomic mass is 16.5. The highest BCUT2D eigenvalue weighted by Gasteiger charge is 2.08. The number of nitrogens with zero attached hydrogens (tertiary/aromatic N) is 2. The van der Waals surface area contributed by atoms with Crippen LogP contribution in [0, 0.1) is 6.92 Å². The molecule has 1 amide bonds. The number of aryl methyl sites for hydroxylation is 1. The number of imidazole rings is 1. The minimum atomic E-state index is -0.00235. The normalized spacial score (nSPS) is 10.5. The number of carbonyl (C=O) groups is 1. The molecule has 5 heteroatoms. The van der Waals surface area contributed by atoms with E-state index in [1.807, 2.05) is 67.7 Å². The van der Waals surface area contributed by atoms with E-state index in [1.54, 1.807) is 7.11 Å². The van der Waals surface area contributed by atoms with Crippen LogP contribution in [0.3, 0.4) is 0 Å². The summed E-state index contributed by atoms with van der Waals surface area (Å²) in [7, 11) is 1.62. The molecule has 0 bridgehead atoms. The second kappa shape index (κ2) is 8.34. The molecule has 5 nitrogen and oxygen atoms in total. The zero-order valence-electron chi connectivity index (χ0n) is 15.1. The van der Waals surface area contributed by atoms with Crippen molar-refractivity contribution in [2.24, 2.45) is 0 Å². The van der Waals surface area contributed by atoms with Gasteiger partial charge in [0.2, 0.25) is 5.91 Å². The summed E-state index contributed by atoms with van der Waals surface area (Å²) in [6.07, 6.45) is 3.07. The first-order chi connectivity index (χ1) is 12.7. The Morgan fingerprint density at radius 1 is 1.15 bits per heavy atom. The molecule has 1 heterocycles. The molecule has 2 aromatic carbocycles. The minimum Gasteiger partial charge on any atom is -0.497 e. The number of hydrogen-bond donors (Lipinski definition) is 1. The fraction of sp³-hybridized carbons (Fsp3) is 0.238. The molecule has 0 aliphatic carbocycles. The summed E-state index contributed by atoms with van der Waals surface area (Å²) in [6, 6.07) is 17.7. The molecule has 0 fully saturated rings. The third kappa shape index (κ3) is 4.51. The molecule has 0 aliphatic heterocycles. The van der Waals surface area contributed by atoms with Crippen molar-refractivity contribution >= 4 is 5.91 Å². The summed E-state index contributed by atoms with van der Waals surface area (Å²) >= 11 is 0. The van der Waals surface area contributed by atoms with Crippen LogP contribution in [0.15, 0.2) is 60.8 Å². The molecule has 3 rings (SSSR count). The maximum atomic E-state index is 12.1. The monoisotopic (exact) mass is 349 g/mol. The fourth-order valence-corrected chi connectivity index (χ4v) is 2.86. The highest BCUT2D eigenvalue weighted by molar-refractivity contribution is 5.78. The first kappa shape index (κ1) is 17.7. The van der Waals surface area contributed by atoms with E-state index in [4.69, 9.17) is 4.74 Å². The summed E-state index contributed by atoms with van der Waals surface area (Å²) in [5.41, 5.74) is 2.99. The number of para-hydroxylation sites is 1. The van der Waals surface area contributed by atoms with Crippen LogP contribution >= 0.6 is 0 Å². The van der Waals surface area contributed by atoms with Gasteiger partial charge in [-0.25, -0.2) is 4.98 Å². The minimum absolute atomic E-state index is 0.00235. The van der Waals surface area contributed by atoms with Gasteiger partial charge in [-0.1, -0.05) is 30.3 Å². The number of nitrogens with one attached hydrogen (secondary N) is 1. The average Bonchev–Trinajstić information content (AvgIpc) is 3.03. The third-order valence-electron chi connectivity index (χ3n) is 4.17. The Morgan fingerprint density at radius 2 is 1.96 bits per heavy atom. The Hall–Kier alpha value is -3.08. The van der Waals surface area contributed by atoms with Crippen molar-refractivity contribution in [3.05, 3.63) is 77.9 Å². The number of aromatic nitrogens is 2. The van der Waals surface area contributed by atoms with E-state index in [2.05, 4.69) is 14.9 Å². The van der Waals surface area contributed by atoms with Gasteiger partial charge in [-0.3, -0.25) is 4.79 Å². The molecule has 0 spiro atoms. The lowest BCUT2D eigenvalue weighted by Crippen LogP contribution is -2.27. The summed E-state index contributed by atoms with van der Waals surface area (Å²) in [5, 5.41) is 2.96. The topological polar surface area (TPSA) is 56.1 Å². The summed E-state index contributed by atoms with van der Waals surface area (Å²) in [5.74, 6) is 1.70. The largest absolute Gasteiger partial charge is 0.497 e. The molecule has 0 aliphatic rings. The van der Waals surface area contributed by atoms with Crippen molar-refractivity contribution < 1.29 is 9.53 Å². The second-order valence-corrected chi connectivity index (χ2v) is 6.11. The van der Waals surface area contributed by atoms with Crippen molar-refractivity contribution in [1.82, 2.24) is 14.9 Å². The molecular formula is C21H23N3O2. The van der Waals surface area contributed by atoms with Gasteiger partial charge in [0.1, 0.15) is 11.6 Å². The molecule has 0 saturated heterocycles. The van der Waals surface area contributed by atoms with Gasteiger partial charge in [0.05, 0.1) is 19.2 Å². The lowest BCUT2D eigenvalue weighted by Gasteiger charge is -2.06. The van der Waals surface area contributed by atoms with Gasteiger partial charge >= 0.3 is 0 Å². The molecule has 1 N–H and O–H groups in total. The van der Waals surface area contributed by atoms with Crippen LogP contribution in [-0.4, -0.2) is 29.1 Å². The SMILES string of the molecule is COc1cccc(CC(=O)NCCc2cn(-c3ccccc3)c(C)n2)c1. The van der Waals surface area contributed by atoms with Crippen molar-refractivity contribution in [1.29, 1.82) is 0 Å². The maximum Gasteiger partial charge on any atom is 0.224 e. The zero-order chi connectivity index (χ0) is 18.4. The van der Waals surface area contributed by atoms with Gasteiger partial charge in [-0.05, 0) is 36.8 Å². The number of amides is 1. The molecule has 134 valence electrons. The maximum absolute atomic E-state index is 12.1. The molecule has 1 aromatic heterocycles. The zero-order valence-corrected chi connectivity index (χ0v) is 15.1. The van der Waals surface area contributed by atoms with Gasteiger partial charge in [0.15, 0.2) is 0 Å². The van der Waals surface area contributed by atoms with E-state index in [0.29, 0.717) is 19.4 Å². The van der Waals surface area contributed by atoms with Crippen molar-refractivity contribution in [2.75, 3.05) is 13.7 Å². The fourth-order valence-electron chi connectivity index (χ4n) is 2.86. The number of carbonyl (C=O) groups excluding carboxylic acids is 1. The molecule has 0 radical (unpaired) electrons. The van der Waals surface area contributed by atoms with Crippen LogP contribution in [0.4, 0.5) is 0 Å². The Bertz CT molecular complexity index is 872. The van der Waals surface area contributed by atoms with Crippen LogP contribution in [0.25, 0.3) is 5.69 Å². The first-order valence-electron chi connectivity index (χ1n) is 8.65. The van der Waals surface area contributed by atoms with Crippen LogP contribution in [0.5, 0.6) is 5.75 Å². The quantitative estimate of drug-likeness (QED) is 0.713. The van der Waals surface area contributed by atoms with Gasteiger partial charge in [-0.2, -0.15) is 0 Å². The lowest BCUT2D eigenvalue weighted by molar-refractivity contribution is -0.120. The van der Waals surface area contributed by atoms with Crippen LogP contribution < -0.4 is 10.1 Å². The van der Waals surface area contributed by atoms with E-state index in [1.165, 1.54) is 0 Å². The highest BCUT2D eigenvalue weighted by Crippen LogP contribution is 2.13. The molecule has 0 atom stereocenters. The lowest BCUT2D eigenvalue weighted by atomic mass is 10.1. The average molecular weight is 349 g/mol. The molecular weight excluding hydrogens is 326 g/mol. The van der Waals surface area contributed by atoms with E-state index < -0.39 is 0 Å². The Morgan fingerprint density at radius 3 is 2.73 bits per heavy atom. The van der Waals surface area contributed by atoms with Crippen molar-refractivity contribution in [2.45, 2.75) is 19.8 Å². The van der Waals surface area contributed by atoms with Crippen molar-refractivity contribution in [3.63, 3.8) is 0 Å². The van der Waals surface area contributed by atoms with Crippen LogP contribution in [-0.2, 0) is 17.6 Å². The smallest absolute Gasteiger partial charge is 0.224 e. The van der Waals surface area contributed by atoms with E-state index in [0.717, 1.165) is 28.5 Å². The molecule has 0 saturated carbocycles. The predicted molar refractivity (Wildman–Crippen MR) is 102 cm³/mol.